The number of hydrogen-bond acceptors (Lipinski definition) is 4. The molecule has 0 spiro atoms. The van der Waals surface area contributed by atoms with E-state index in [9.17, 15) is 4.79 Å². The van der Waals surface area contributed by atoms with Gasteiger partial charge in [-0.15, -0.1) is 0 Å². The summed E-state index contributed by atoms with van der Waals surface area (Å²) in [7, 11) is 0. The Kier molecular flexibility index (Phi) is 4.81. The molecule has 96 valence electrons. The molecule has 0 unspecified atom stereocenters. The van der Waals surface area contributed by atoms with Crippen molar-refractivity contribution in [3.8, 4) is 6.07 Å². The van der Waals surface area contributed by atoms with Gasteiger partial charge in [-0.25, -0.2) is 4.98 Å². The maximum absolute atomic E-state index is 11.5. The van der Waals surface area contributed by atoms with Crippen LogP contribution in [0.5, 0.6) is 0 Å². The highest BCUT2D eigenvalue weighted by atomic mass is 16.2. The average Bonchev–Trinajstić information content (AvgIpc) is 2.27. The molecule has 0 atom stereocenters. The third-order valence-corrected chi connectivity index (χ3v) is 2.11. The summed E-state index contributed by atoms with van der Waals surface area (Å²) in [5.41, 5.74) is 0.954. The van der Waals surface area contributed by atoms with Gasteiger partial charge in [0.25, 0.3) is 0 Å². The molecule has 5 heteroatoms. The van der Waals surface area contributed by atoms with Crippen molar-refractivity contribution in [2.45, 2.75) is 32.9 Å². The fourth-order valence-corrected chi connectivity index (χ4v) is 1.46. The molecule has 0 aliphatic heterocycles. The second-order valence-corrected chi connectivity index (χ2v) is 5.02. The zero-order chi connectivity index (χ0) is 13.6. The Morgan fingerprint density at radius 3 is 2.83 bits per heavy atom. The van der Waals surface area contributed by atoms with Gasteiger partial charge in [0.2, 0.25) is 5.91 Å². The highest BCUT2D eigenvalue weighted by molar-refractivity contribution is 5.78. The predicted molar refractivity (Wildman–Crippen MR) is 68.6 cm³/mol. The normalized spacial score (nSPS) is 10.8. The summed E-state index contributed by atoms with van der Waals surface area (Å²) in [6.45, 7) is 6.46. The highest BCUT2D eigenvalue weighted by Gasteiger charge is 2.13. The summed E-state index contributed by atoms with van der Waals surface area (Å²) in [6, 6.07) is 5.61. The first-order chi connectivity index (χ1) is 8.42. The van der Waals surface area contributed by atoms with Gasteiger partial charge < -0.3 is 10.6 Å². The minimum atomic E-state index is -0.231. The Morgan fingerprint density at radius 2 is 2.22 bits per heavy atom. The number of aromatic nitrogens is 1. The molecular formula is C13H18N4O. The predicted octanol–water partition coefficient (Wildman–Crippen LogP) is 0.958. The molecule has 1 heterocycles. The van der Waals surface area contributed by atoms with Crippen LogP contribution in [0.15, 0.2) is 18.3 Å². The second kappa shape index (κ2) is 6.12. The van der Waals surface area contributed by atoms with E-state index in [1.165, 1.54) is 0 Å². The number of rotatable bonds is 4. The summed E-state index contributed by atoms with van der Waals surface area (Å²) in [4.78, 5) is 15.5. The van der Waals surface area contributed by atoms with Crippen LogP contribution < -0.4 is 10.6 Å². The number of carbonyl (C=O) groups excluding carboxylic acids is 1. The van der Waals surface area contributed by atoms with Gasteiger partial charge in [0.15, 0.2) is 0 Å². The third kappa shape index (κ3) is 4.93. The first kappa shape index (κ1) is 14.1. The maximum atomic E-state index is 11.5. The van der Waals surface area contributed by atoms with E-state index >= 15 is 0 Å². The SMILES string of the molecule is CC(C)(C)NC(=O)CNCc1cccnc1C#N. The fraction of sp³-hybridized carbons (Fsp3) is 0.462. The molecule has 0 fully saturated rings. The number of nitrogens with one attached hydrogen (secondary N) is 2. The molecule has 0 saturated heterocycles. The summed E-state index contributed by atoms with van der Waals surface area (Å²) < 4.78 is 0. The molecule has 0 aromatic carbocycles. The quantitative estimate of drug-likeness (QED) is 0.829. The van der Waals surface area contributed by atoms with Gasteiger partial charge >= 0.3 is 0 Å². The molecule has 0 aliphatic carbocycles. The molecule has 1 amide bonds. The van der Waals surface area contributed by atoms with Crippen LogP contribution in [-0.2, 0) is 11.3 Å². The summed E-state index contributed by atoms with van der Waals surface area (Å²) in [6.07, 6.45) is 1.58. The standard InChI is InChI=1S/C13H18N4O/c1-13(2,3)17-12(18)9-15-8-10-5-4-6-16-11(10)7-14/h4-6,15H,8-9H2,1-3H3,(H,17,18). The molecule has 18 heavy (non-hydrogen) atoms. The lowest BCUT2D eigenvalue weighted by molar-refractivity contribution is -0.121. The lowest BCUT2D eigenvalue weighted by Gasteiger charge is -2.20. The van der Waals surface area contributed by atoms with Gasteiger partial charge in [-0.05, 0) is 26.8 Å². The van der Waals surface area contributed by atoms with E-state index in [1.807, 2.05) is 32.9 Å². The molecule has 1 aromatic heterocycles. The van der Waals surface area contributed by atoms with Crippen molar-refractivity contribution in [2.75, 3.05) is 6.54 Å². The maximum Gasteiger partial charge on any atom is 0.234 e. The van der Waals surface area contributed by atoms with Gasteiger partial charge in [0, 0.05) is 23.8 Å². The van der Waals surface area contributed by atoms with Crippen LogP contribution in [0, 0.1) is 11.3 Å². The van der Waals surface area contributed by atoms with Gasteiger partial charge in [-0.3, -0.25) is 4.79 Å². The van der Waals surface area contributed by atoms with E-state index in [-0.39, 0.29) is 18.0 Å². The van der Waals surface area contributed by atoms with Crippen molar-refractivity contribution in [1.82, 2.24) is 15.6 Å². The minimum absolute atomic E-state index is 0.0649. The minimum Gasteiger partial charge on any atom is -0.350 e. The van der Waals surface area contributed by atoms with E-state index in [2.05, 4.69) is 15.6 Å². The second-order valence-electron chi connectivity index (χ2n) is 5.02. The number of nitriles is 1. The number of nitrogens with zero attached hydrogens (tertiary/aromatic N) is 2. The molecule has 2 N–H and O–H groups in total. The van der Waals surface area contributed by atoms with Crippen molar-refractivity contribution in [1.29, 1.82) is 5.26 Å². The summed E-state index contributed by atoms with van der Waals surface area (Å²) in [5, 5.41) is 14.7. The Morgan fingerprint density at radius 1 is 1.50 bits per heavy atom. The van der Waals surface area contributed by atoms with Crippen molar-refractivity contribution in [3.05, 3.63) is 29.6 Å². The molecule has 5 nitrogen and oxygen atoms in total. The summed E-state index contributed by atoms with van der Waals surface area (Å²) >= 11 is 0. The molecule has 1 aromatic rings. The topological polar surface area (TPSA) is 77.8 Å². The van der Waals surface area contributed by atoms with Gasteiger partial charge in [-0.1, -0.05) is 6.07 Å². The van der Waals surface area contributed by atoms with E-state index in [1.54, 1.807) is 12.3 Å². The Balaban J connectivity index is 2.43. The van der Waals surface area contributed by atoms with Crippen LogP contribution in [0.1, 0.15) is 32.0 Å². The molecule has 0 aliphatic rings. The summed E-state index contributed by atoms with van der Waals surface area (Å²) in [5.74, 6) is -0.0649. The lowest BCUT2D eigenvalue weighted by atomic mass is 10.1. The lowest BCUT2D eigenvalue weighted by Crippen LogP contribution is -2.44. The Bertz CT molecular complexity index is 457. The third-order valence-electron chi connectivity index (χ3n) is 2.11. The van der Waals surface area contributed by atoms with Crippen LogP contribution in [0.4, 0.5) is 0 Å². The number of carbonyl (C=O) groups is 1. The number of amides is 1. The zero-order valence-electron chi connectivity index (χ0n) is 10.9. The largest absolute Gasteiger partial charge is 0.350 e. The van der Waals surface area contributed by atoms with Gasteiger partial charge in [-0.2, -0.15) is 5.26 Å². The monoisotopic (exact) mass is 246 g/mol. The molecule has 1 rings (SSSR count). The Hall–Kier alpha value is -1.93. The molecule has 0 bridgehead atoms. The average molecular weight is 246 g/mol. The van der Waals surface area contributed by atoms with Crippen LogP contribution in [-0.4, -0.2) is 23.0 Å². The van der Waals surface area contributed by atoms with Crippen LogP contribution in [0.3, 0.4) is 0 Å². The molecule has 0 radical (unpaired) electrons. The first-order valence-electron chi connectivity index (χ1n) is 5.78. The highest BCUT2D eigenvalue weighted by Crippen LogP contribution is 2.03. The van der Waals surface area contributed by atoms with E-state index in [0.29, 0.717) is 12.2 Å². The van der Waals surface area contributed by atoms with E-state index in [0.717, 1.165) is 5.56 Å². The zero-order valence-corrected chi connectivity index (χ0v) is 10.9. The fourth-order valence-electron chi connectivity index (χ4n) is 1.46. The van der Waals surface area contributed by atoms with Crippen molar-refractivity contribution in [3.63, 3.8) is 0 Å². The van der Waals surface area contributed by atoms with Crippen LogP contribution in [0.25, 0.3) is 0 Å². The smallest absolute Gasteiger partial charge is 0.234 e. The van der Waals surface area contributed by atoms with E-state index < -0.39 is 0 Å². The van der Waals surface area contributed by atoms with Crippen LogP contribution >= 0.6 is 0 Å². The number of pyridine rings is 1. The van der Waals surface area contributed by atoms with Crippen molar-refractivity contribution >= 4 is 5.91 Å². The van der Waals surface area contributed by atoms with Crippen LogP contribution in [0.2, 0.25) is 0 Å². The van der Waals surface area contributed by atoms with E-state index in [4.69, 9.17) is 5.26 Å². The molecule has 0 saturated carbocycles. The Labute approximate surface area is 107 Å². The van der Waals surface area contributed by atoms with Gasteiger partial charge in [0.1, 0.15) is 11.8 Å². The van der Waals surface area contributed by atoms with Gasteiger partial charge in [0.05, 0.1) is 6.54 Å². The molecular weight excluding hydrogens is 228 g/mol. The first-order valence-corrected chi connectivity index (χ1v) is 5.78. The van der Waals surface area contributed by atoms with Crippen molar-refractivity contribution in [2.24, 2.45) is 0 Å². The number of hydrogen-bond donors (Lipinski definition) is 2. The van der Waals surface area contributed by atoms with Crippen molar-refractivity contribution < 1.29 is 4.79 Å².